The third-order valence-electron chi connectivity index (χ3n) is 7.65. The van der Waals surface area contributed by atoms with E-state index in [9.17, 15) is 22.4 Å². The molecule has 230 valence electrons. The summed E-state index contributed by atoms with van der Waals surface area (Å²) < 4.78 is 48.2. The van der Waals surface area contributed by atoms with Crippen molar-refractivity contribution < 1.29 is 27.1 Å². The first kappa shape index (κ1) is 32.0. The van der Waals surface area contributed by atoms with Crippen LogP contribution in [0.15, 0.2) is 83.8 Å². The Kier molecular flexibility index (Phi) is 11.2. The largest absolute Gasteiger partial charge is 0.494 e. The molecule has 1 saturated carbocycles. The molecule has 1 fully saturated rings. The van der Waals surface area contributed by atoms with E-state index in [0.29, 0.717) is 30.0 Å². The number of carbonyl (C=O) groups excluding carboxylic acids is 2. The van der Waals surface area contributed by atoms with Crippen molar-refractivity contribution in [1.29, 1.82) is 0 Å². The zero-order valence-corrected chi connectivity index (χ0v) is 25.6. The van der Waals surface area contributed by atoms with E-state index in [2.05, 4.69) is 5.32 Å². The molecule has 0 radical (unpaired) electrons. The maximum Gasteiger partial charge on any atom is 0.264 e. The number of benzene rings is 3. The molecule has 3 aromatic rings. The fourth-order valence-corrected chi connectivity index (χ4v) is 6.79. The lowest BCUT2D eigenvalue weighted by molar-refractivity contribution is -0.140. The maximum absolute atomic E-state index is 14.2. The molecule has 4 rings (SSSR count). The lowest BCUT2D eigenvalue weighted by Gasteiger charge is -2.34. The third kappa shape index (κ3) is 8.34. The molecule has 3 aromatic carbocycles. The van der Waals surface area contributed by atoms with Gasteiger partial charge in [0.1, 0.15) is 24.2 Å². The number of halogens is 1. The van der Waals surface area contributed by atoms with Gasteiger partial charge in [-0.15, -0.1) is 0 Å². The first-order valence-corrected chi connectivity index (χ1v) is 16.3. The van der Waals surface area contributed by atoms with E-state index in [1.165, 1.54) is 29.2 Å². The van der Waals surface area contributed by atoms with Crippen LogP contribution in [0.1, 0.15) is 57.9 Å². The van der Waals surface area contributed by atoms with E-state index in [4.69, 9.17) is 4.74 Å². The summed E-state index contributed by atoms with van der Waals surface area (Å²) in [6.07, 6.45) is 5.30. The smallest absolute Gasteiger partial charge is 0.264 e. The van der Waals surface area contributed by atoms with Gasteiger partial charge in [0, 0.05) is 12.6 Å². The Labute approximate surface area is 253 Å². The van der Waals surface area contributed by atoms with Crippen LogP contribution in [-0.2, 0) is 26.2 Å². The average Bonchev–Trinajstić information content (AvgIpc) is 3.02. The summed E-state index contributed by atoms with van der Waals surface area (Å²) in [6, 6.07) is 19.4. The molecule has 0 bridgehead atoms. The topological polar surface area (TPSA) is 96.0 Å². The second-order valence-corrected chi connectivity index (χ2v) is 12.5. The number of nitrogens with zero attached hydrogens (tertiary/aromatic N) is 2. The van der Waals surface area contributed by atoms with Crippen molar-refractivity contribution in [1.82, 2.24) is 10.2 Å². The molecule has 8 nitrogen and oxygen atoms in total. The van der Waals surface area contributed by atoms with E-state index in [1.807, 2.05) is 13.8 Å². The zero-order chi connectivity index (χ0) is 30.8. The normalized spacial score (nSPS) is 14.5. The van der Waals surface area contributed by atoms with Gasteiger partial charge >= 0.3 is 0 Å². The first-order valence-electron chi connectivity index (χ1n) is 14.9. The van der Waals surface area contributed by atoms with Crippen molar-refractivity contribution in [2.75, 3.05) is 17.5 Å². The summed E-state index contributed by atoms with van der Waals surface area (Å²) in [6.45, 7) is 3.58. The number of hydrogen-bond donors (Lipinski definition) is 1. The molecular weight excluding hydrogens is 569 g/mol. The predicted molar refractivity (Wildman–Crippen MR) is 165 cm³/mol. The van der Waals surface area contributed by atoms with Crippen LogP contribution in [-0.4, -0.2) is 50.4 Å². The molecule has 43 heavy (non-hydrogen) atoms. The van der Waals surface area contributed by atoms with Crippen LogP contribution in [0.3, 0.4) is 0 Å². The standard InChI is InChI=1S/C33H40FN3O5S/c1-3-31(33(39)35-27-11-7-5-8-12-27)36(23-25-15-17-26(34)18-16-25)32(38)24-37(28-13-9-6-10-14-28)43(40,41)30-21-19-29(20-22-30)42-4-2/h6,9-10,13-22,27,31H,3-5,7-8,11-12,23-24H2,1-2H3,(H,35,39). The number of para-hydroxylation sites is 1. The van der Waals surface area contributed by atoms with Crippen molar-refractivity contribution in [3.63, 3.8) is 0 Å². The number of anilines is 1. The number of ether oxygens (including phenoxy) is 1. The highest BCUT2D eigenvalue weighted by atomic mass is 32.2. The number of nitrogens with one attached hydrogen (secondary N) is 1. The fraction of sp³-hybridized carbons (Fsp3) is 0.394. The van der Waals surface area contributed by atoms with Gasteiger partial charge in [-0.1, -0.05) is 56.5 Å². The average molecular weight is 610 g/mol. The molecule has 0 aliphatic heterocycles. The molecule has 0 heterocycles. The highest BCUT2D eigenvalue weighted by molar-refractivity contribution is 7.92. The molecule has 2 amide bonds. The number of rotatable bonds is 13. The minimum atomic E-state index is -4.19. The zero-order valence-electron chi connectivity index (χ0n) is 24.7. The number of hydrogen-bond acceptors (Lipinski definition) is 5. The van der Waals surface area contributed by atoms with Crippen molar-refractivity contribution in [2.24, 2.45) is 0 Å². The first-order chi connectivity index (χ1) is 20.7. The summed E-state index contributed by atoms with van der Waals surface area (Å²) in [7, 11) is -4.19. The fourth-order valence-electron chi connectivity index (χ4n) is 5.38. The number of amides is 2. The van der Waals surface area contributed by atoms with Crippen LogP contribution >= 0.6 is 0 Å². The van der Waals surface area contributed by atoms with Gasteiger partial charge in [0.2, 0.25) is 11.8 Å². The van der Waals surface area contributed by atoms with Crippen molar-refractivity contribution >= 4 is 27.5 Å². The van der Waals surface area contributed by atoms with Crippen LogP contribution in [0.25, 0.3) is 0 Å². The summed E-state index contributed by atoms with van der Waals surface area (Å²) in [4.78, 5) is 29.2. The second kappa shape index (κ2) is 15.0. The van der Waals surface area contributed by atoms with Gasteiger partial charge in [-0.2, -0.15) is 0 Å². The van der Waals surface area contributed by atoms with Crippen LogP contribution < -0.4 is 14.4 Å². The summed E-state index contributed by atoms with van der Waals surface area (Å²) >= 11 is 0. The summed E-state index contributed by atoms with van der Waals surface area (Å²) in [5.41, 5.74) is 0.936. The Morgan fingerprint density at radius 2 is 1.58 bits per heavy atom. The molecule has 1 N–H and O–H groups in total. The van der Waals surface area contributed by atoms with Gasteiger partial charge in [-0.3, -0.25) is 13.9 Å². The van der Waals surface area contributed by atoms with Gasteiger partial charge in [0.25, 0.3) is 10.0 Å². The lowest BCUT2D eigenvalue weighted by Crippen LogP contribution is -2.54. The third-order valence-corrected chi connectivity index (χ3v) is 9.44. The molecule has 1 unspecified atom stereocenters. The Balaban J connectivity index is 1.67. The highest BCUT2D eigenvalue weighted by Gasteiger charge is 2.34. The van der Waals surface area contributed by atoms with Gasteiger partial charge in [-0.05, 0) is 80.3 Å². The molecule has 1 aliphatic carbocycles. The van der Waals surface area contributed by atoms with Crippen LogP contribution in [0.2, 0.25) is 0 Å². The lowest BCUT2D eigenvalue weighted by atomic mass is 9.95. The van der Waals surface area contributed by atoms with Crippen LogP contribution in [0.5, 0.6) is 5.75 Å². The van der Waals surface area contributed by atoms with Crippen LogP contribution in [0.4, 0.5) is 10.1 Å². The molecule has 0 aromatic heterocycles. The van der Waals surface area contributed by atoms with Crippen molar-refractivity contribution in [2.45, 2.75) is 75.9 Å². The minimum Gasteiger partial charge on any atom is -0.494 e. The quantitative estimate of drug-likeness (QED) is 0.269. The molecule has 10 heteroatoms. The minimum absolute atomic E-state index is 0.000209. The molecule has 0 spiro atoms. The van der Waals surface area contributed by atoms with E-state index in [-0.39, 0.29) is 23.4 Å². The molecule has 1 atom stereocenters. The summed E-state index contributed by atoms with van der Waals surface area (Å²) in [5, 5.41) is 3.12. The van der Waals surface area contributed by atoms with Gasteiger partial charge in [0.15, 0.2) is 0 Å². The van der Waals surface area contributed by atoms with Gasteiger partial charge in [0.05, 0.1) is 17.2 Å². The van der Waals surface area contributed by atoms with Crippen LogP contribution in [0, 0.1) is 5.82 Å². The highest BCUT2D eigenvalue weighted by Crippen LogP contribution is 2.26. The monoisotopic (exact) mass is 609 g/mol. The van der Waals surface area contributed by atoms with Gasteiger partial charge in [-0.25, -0.2) is 12.8 Å². The Morgan fingerprint density at radius 1 is 0.930 bits per heavy atom. The molecular formula is C33H40FN3O5S. The number of carbonyl (C=O) groups is 2. The molecule has 0 saturated heterocycles. The Bertz CT molecular complexity index is 1440. The van der Waals surface area contributed by atoms with E-state index in [1.54, 1.807) is 54.6 Å². The Morgan fingerprint density at radius 3 is 2.19 bits per heavy atom. The van der Waals surface area contributed by atoms with E-state index < -0.39 is 34.3 Å². The SMILES string of the molecule is CCOc1ccc(S(=O)(=O)N(CC(=O)N(Cc2ccc(F)cc2)C(CC)C(=O)NC2CCCCC2)c2ccccc2)cc1. The van der Waals surface area contributed by atoms with E-state index in [0.717, 1.165) is 36.4 Å². The van der Waals surface area contributed by atoms with Gasteiger partial charge < -0.3 is 15.0 Å². The maximum atomic E-state index is 14.2. The molecule has 1 aliphatic rings. The van der Waals surface area contributed by atoms with Crippen molar-refractivity contribution in [3.8, 4) is 5.75 Å². The Hall–Kier alpha value is -3.92. The predicted octanol–water partition coefficient (Wildman–Crippen LogP) is 5.68. The summed E-state index contributed by atoms with van der Waals surface area (Å²) in [5.74, 6) is -0.705. The number of sulfonamides is 1. The second-order valence-electron chi connectivity index (χ2n) is 10.7. The van der Waals surface area contributed by atoms with E-state index >= 15 is 0 Å². The van der Waals surface area contributed by atoms with Crippen molar-refractivity contribution in [3.05, 3.63) is 90.2 Å².